The third-order valence-corrected chi connectivity index (χ3v) is 5.35. The van der Waals surface area contributed by atoms with Gasteiger partial charge in [0.05, 0.1) is 0 Å². The van der Waals surface area contributed by atoms with Crippen LogP contribution in [0.5, 0.6) is 0 Å². The van der Waals surface area contributed by atoms with Crippen molar-refractivity contribution >= 4 is 17.8 Å². The Balaban J connectivity index is 1.79. The number of nitrogens with zero attached hydrogens (tertiary/aromatic N) is 2. The number of rotatable bonds is 4. The van der Waals surface area contributed by atoms with E-state index in [9.17, 15) is 18.8 Å². The molecule has 2 aliphatic rings. The summed E-state index contributed by atoms with van der Waals surface area (Å²) in [6.07, 6.45) is 2.33. The second-order valence-corrected chi connectivity index (χ2v) is 7.17. The van der Waals surface area contributed by atoms with Gasteiger partial charge < -0.3 is 10.2 Å². The van der Waals surface area contributed by atoms with Gasteiger partial charge in [0.1, 0.15) is 17.9 Å². The van der Waals surface area contributed by atoms with Gasteiger partial charge in [-0.2, -0.15) is 0 Å². The Morgan fingerprint density at radius 2 is 2.00 bits per heavy atom. The first-order valence-corrected chi connectivity index (χ1v) is 9.05. The fraction of sp³-hybridized carbons (Fsp3) is 0.526. The van der Waals surface area contributed by atoms with Crippen LogP contribution in [0.4, 0.5) is 9.18 Å². The van der Waals surface area contributed by atoms with Crippen molar-refractivity contribution in [3.63, 3.8) is 0 Å². The predicted molar refractivity (Wildman–Crippen MR) is 93.6 cm³/mol. The van der Waals surface area contributed by atoms with Crippen molar-refractivity contribution in [2.24, 2.45) is 5.92 Å². The monoisotopic (exact) mass is 361 g/mol. The van der Waals surface area contributed by atoms with Gasteiger partial charge >= 0.3 is 6.03 Å². The summed E-state index contributed by atoms with van der Waals surface area (Å²) in [4.78, 5) is 40.7. The molecule has 0 unspecified atom stereocenters. The van der Waals surface area contributed by atoms with Crippen LogP contribution >= 0.6 is 0 Å². The zero-order valence-electron chi connectivity index (χ0n) is 15.1. The number of likely N-dealkylation sites (tertiary alicyclic amines) is 1. The molecule has 0 aromatic heterocycles. The molecule has 3 rings (SSSR count). The second kappa shape index (κ2) is 7.05. The number of benzene rings is 1. The van der Waals surface area contributed by atoms with E-state index < -0.39 is 23.3 Å². The molecule has 2 aliphatic heterocycles. The lowest BCUT2D eigenvalue weighted by molar-refractivity contribution is -0.140. The van der Waals surface area contributed by atoms with Crippen molar-refractivity contribution in [1.29, 1.82) is 0 Å². The Morgan fingerprint density at radius 1 is 1.31 bits per heavy atom. The molecule has 2 fully saturated rings. The van der Waals surface area contributed by atoms with Crippen LogP contribution in [0.2, 0.25) is 0 Å². The van der Waals surface area contributed by atoms with Crippen LogP contribution in [0.3, 0.4) is 0 Å². The molecular weight excluding hydrogens is 337 g/mol. The van der Waals surface area contributed by atoms with Crippen LogP contribution in [0.1, 0.15) is 38.7 Å². The molecule has 1 aromatic carbocycles. The first-order valence-electron chi connectivity index (χ1n) is 9.05. The van der Waals surface area contributed by atoms with E-state index in [0.717, 1.165) is 17.7 Å². The summed E-state index contributed by atoms with van der Waals surface area (Å²) in [6.45, 7) is 4.91. The maximum Gasteiger partial charge on any atom is 0.325 e. The van der Waals surface area contributed by atoms with Crippen molar-refractivity contribution < 1.29 is 18.8 Å². The van der Waals surface area contributed by atoms with Crippen molar-refractivity contribution in [1.82, 2.24) is 15.1 Å². The molecule has 2 atom stereocenters. The zero-order valence-corrected chi connectivity index (χ0v) is 15.1. The lowest BCUT2D eigenvalue weighted by atomic mass is 9.87. The summed E-state index contributed by atoms with van der Waals surface area (Å²) in [5, 5.41) is 2.71. The van der Waals surface area contributed by atoms with Crippen LogP contribution in [-0.4, -0.2) is 47.3 Å². The lowest BCUT2D eigenvalue weighted by Crippen LogP contribution is -2.47. The molecular formula is C19H24FN3O3. The molecule has 0 aliphatic carbocycles. The van der Waals surface area contributed by atoms with E-state index in [0.29, 0.717) is 31.0 Å². The molecule has 26 heavy (non-hydrogen) atoms. The van der Waals surface area contributed by atoms with E-state index in [-0.39, 0.29) is 12.5 Å². The first-order chi connectivity index (χ1) is 12.4. The average Bonchev–Trinajstić information content (AvgIpc) is 2.87. The number of nitrogens with one attached hydrogen (secondary N) is 1. The van der Waals surface area contributed by atoms with Gasteiger partial charge in [-0.1, -0.05) is 26.0 Å². The van der Waals surface area contributed by atoms with Gasteiger partial charge in [-0.3, -0.25) is 14.5 Å². The number of amides is 4. The van der Waals surface area contributed by atoms with Crippen LogP contribution in [-0.2, 0) is 15.1 Å². The molecule has 0 bridgehead atoms. The molecule has 6 nitrogen and oxygen atoms in total. The van der Waals surface area contributed by atoms with Gasteiger partial charge in [0, 0.05) is 13.1 Å². The van der Waals surface area contributed by atoms with Gasteiger partial charge in [-0.25, -0.2) is 9.18 Å². The molecule has 4 amide bonds. The summed E-state index contributed by atoms with van der Waals surface area (Å²) in [6, 6.07) is 4.92. The van der Waals surface area contributed by atoms with Crippen molar-refractivity contribution in [2.45, 2.75) is 38.6 Å². The van der Waals surface area contributed by atoms with Gasteiger partial charge in [-0.05, 0) is 42.9 Å². The molecule has 140 valence electrons. The minimum atomic E-state index is -1.25. The van der Waals surface area contributed by atoms with Crippen molar-refractivity contribution in [2.75, 3.05) is 19.6 Å². The highest BCUT2D eigenvalue weighted by Crippen LogP contribution is 2.32. The van der Waals surface area contributed by atoms with Crippen LogP contribution in [0.15, 0.2) is 24.3 Å². The summed E-state index contributed by atoms with van der Waals surface area (Å²) in [5.41, 5.74) is -0.735. The van der Waals surface area contributed by atoms with Gasteiger partial charge in [0.15, 0.2) is 0 Å². The number of carbonyl (C=O) groups is 3. The lowest BCUT2D eigenvalue weighted by Gasteiger charge is -2.32. The van der Waals surface area contributed by atoms with E-state index in [1.165, 1.54) is 24.3 Å². The predicted octanol–water partition coefficient (Wildman–Crippen LogP) is 2.24. The van der Waals surface area contributed by atoms with E-state index in [4.69, 9.17) is 0 Å². The van der Waals surface area contributed by atoms with Crippen LogP contribution in [0.25, 0.3) is 0 Å². The van der Waals surface area contributed by atoms with Gasteiger partial charge in [0.2, 0.25) is 5.91 Å². The average molecular weight is 361 g/mol. The number of imide groups is 1. The highest BCUT2D eigenvalue weighted by molar-refractivity contribution is 6.09. The second-order valence-electron chi connectivity index (χ2n) is 7.17. The highest BCUT2D eigenvalue weighted by Gasteiger charge is 2.51. The molecule has 0 spiro atoms. The highest BCUT2D eigenvalue weighted by atomic mass is 19.1. The molecule has 1 N–H and O–H groups in total. The SMILES string of the molecule is CC[C@]1(c2ccc(F)cc2)NC(=O)N(CC(=O)N2CCC[C@@H](C)C2)C1=O. The molecule has 0 saturated carbocycles. The molecule has 2 saturated heterocycles. The van der Waals surface area contributed by atoms with E-state index >= 15 is 0 Å². The maximum atomic E-state index is 13.2. The topological polar surface area (TPSA) is 69.7 Å². The Hall–Kier alpha value is -2.44. The Labute approximate surface area is 152 Å². The normalized spacial score (nSPS) is 26.2. The van der Waals surface area contributed by atoms with Gasteiger partial charge in [-0.15, -0.1) is 0 Å². The number of piperidine rings is 1. The number of carbonyl (C=O) groups excluding carboxylic acids is 3. The maximum absolute atomic E-state index is 13.2. The van der Waals surface area contributed by atoms with E-state index in [1.54, 1.807) is 11.8 Å². The molecule has 1 aromatic rings. The third kappa shape index (κ3) is 3.18. The largest absolute Gasteiger partial charge is 0.341 e. The Bertz CT molecular complexity index is 721. The van der Waals surface area contributed by atoms with Crippen molar-refractivity contribution in [3.8, 4) is 0 Å². The van der Waals surface area contributed by atoms with Gasteiger partial charge in [0.25, 0.3) is 5.91 Å². The fourth-order valence-corrected chi connectivity index (χ4v) is 3.79. The standard InChI is InChI=1S/C19H24FN3O3/c1-3-19(14-6-8-15(20)9-7-14)17(25)23(18(26)21-19)12-16(24)22-10-4-5-13(2)11-22/h6-9,13H,3-5,10-12H2,1-2H3,(H,21,26)/t13-,19-/m1/s1. The Morgan fingerprint density at radius 3 is 2.62 bits per heavy atom. The summed E-state index contributed by atoms with van der Waals surface area (Å²) in [5.74, 6) is -0.672. The van der Waals surface area contributed by atoms with E-state index in [2.05, 4.69) is 12.2 Å². The number of hydrogen-bond acceptors (Lipinski definition) is 3. The third-order valence-electron chi connectivity index (χ3n) is 5.35. The quantitative estimate of drug-likeness (QED) is 0.836. The fourth-order valence-electron chi connectivity index (χ4n) is 3.79. The smallest absolute Gasteiger partial charge is 0.325 e. The van der Waals surface area contributed by atoms with Crippen LogP contribution in [0, 0.1) is 11.7 Å². The minimum absolute atomic E-state index is 0.217. The molecule has 2 heterocycles. The summed E-state index contributed by atoms with van der Waals surface area (Å²) < 4.78 is 13.2. The molecule has 0 radical (unpaired) electrons. The minimum Gasteiger partial charge on any atom is -0.341 e. The number of halogens is 1. The van der Waals surface area contributed by atoms with E-state index in [1.807, 2.05) is 0 Å². The summed E-state index contributed by atoms with van der Waals surface area (Å²) in [7, 11) is 0. The number of urea groups is 1. The van der Waals surface area contributed by atoms with Crippen LogP contribution < -0.4 is 5.32 Å². The number of hydrogen-bond donors (Lipinski definition) is 1. The first kappa shape index (κ1) is 18.4. The Kier molecular flexibility index (Phi) is 4.98. The van der Waals surface area contributed by atoms with Crippen molar-refractivity contribution in [3.05, 3.63) is 35.6 Å². The zero-order chi connectivity index (χ0) is 18.9. The molecule has 7 heteroatoms. The summed E-state index contributed by atoms with van der Waals surface area (Å²) >= 11 is 0.